The van der Waals surface area contributed by atoms with Crippen molar-refractivity contribution in [3.05, 3.63) is 40.4 Å². The summed E-state index contributed by atoms with van der Waals surface area (Å²) in [4.78, 5) is 4.06. The summed E-state index contributed by atoms with van der Waals surface area (Å²) in [5.74, 6) is 0.702. The van der Waals surface area contributed by atoms with Gasteiger partial charge in [-0.15, -0.1) is 11.3 Å². The third-order valence-electron chi connectivity index (χ3n) is 2.22. The summed E-state index contributed by atoms with van der Waals surface area (Å²) in [5.41, 5.74) is 3.74. The lowest BCUT2D eigenvalue weighted by Crippen LogP contribution is -1.96. The van der Waals surface area contributed by atoms with Gasteiger partial charge in [0.25, 0.3) is 0 Å². The first-order chi connectivity index (χ1) is 9.29. The Hall–Kier alpha value is -1.59. The minimum absolute atomic E-state index is 0.589. The largest absolute Gasteiger partial charge is 0.492 e. The minimum atomic E-state index is 0.589. The molecular weight excluding hydrogens is 282 g/mol. The zero-order valence-electron chi connectivity index (χ0n) is 10.5. The highest BCUT2D eigenvalue weighted by Crippen LogP contribution is 2.25. The minimum Gasteiger partial charge on any atom is -0.492 e. The van der Waals surface area contributed by atoms with Crippen molar-refractivity contribution in [1.82, 2.24) is 4.98 Å². The summed E-state index contributed by atoms with van der Waals surface area (Å²) in [6.45, 7) is 2.72. The molecule has 0 radical (unpaired) electrons. The second kappa shape index (κ2) is 7.11. The van der Waals surface area contributed by atoms with Gasteiger partial charge in [0.1, 0.15) is 5.75 Å². The Balaban J connectivity index is 1.97. The average Bonchev–Trinajstić information content (AvgIpc) is 2.91. The van der Waals surface area contributed by atoms with E-state index >= 15 is 0 Å². The molecule has 0 unspecified atom stereocenters. The zero-order chi connectivity index (χ0) is 13.5. The molecule has 0 spiro atoms. The number of thiazole rings is 1. The van der Waals surface area contributed by atoms with Gasteiger partial charge in [0.2, 0.25) is 5.13 Å². The van der Waals surface area contributed by atoms with Gasteiger partial charge in [-0.05, 0) is 30.2 Å². The van der Waals surface area contributed by atoms with Crippen LogP contribution in [0.25, 0.3) is 0 Å². The summed E-state index contributed by atoms with van der Waals surface area (Å²) in [6, 6.07) is 5.58. The predicted octanol–water partition coefficient (Wildman–Crippen LogP) is 4.03. The second-order valence-corrected chi connectivity index (χ2v) is 5.05. The van der Waals surface area contributed by atoms with Gasteiger partial charge in [0, 0.05) is 11.6 Å². The molecule has 0 saturated heterocycles. The maximum Gasteiger partial charge on any atom is 0.203 e. The summed E-state index contributed by atoms with van der Waals surface area (Å²) < 4.78 is 5.50. The van der Waals surface area contributed by atoms with Crippen molar-refractivity contribution in [1.29, 1.82) is 0 Å². The fourth-order valence-corrected chi connectivity index (χ4v) is 2.09. The van der Waals surface area contributed by atoms with Gasteiger partial charge in [-0.3, -0.25) is 5.43 Å². The lowest BCUT2D eigenvalue weighted by atomic mass is 10.2. The average molecular weight is 296 g/mol. The van der Waals surface area contributed by atoms with Crippen LogP contribution >= 0.6 is 22.9 Å². The molecule has 0 amide bonds. The number of hydrogen-bond donors (Lipinski definition) is 1. The van der Waals surface area contributed by atoms with Crippen LogP contribution in [0.4, 0.5) is 5.13 Å². The molecule has 1 aromatic heterocycles. The fraction of sp³-hybridized carbons (Fsp3) is 0.231. The number of hydrogen-bond acceptors (Lipinski definition) is 5. The molecule has 1 heterocycles. The molecule has 0 saturated carbocycles. The normalized spacial score (nSPS) is 10.8. The van der Waals surface area contributed by atoms with Crippen LogP contribution in [0.5, 0.6) is 5.75 Å². The van der Waals surface area contributed by atoms with Crippen LogP contribution in [0.1, 0.15) is 18.9 Å². The molecular formula is C13H14ClN3OS. The highest BCUT2D eigenvalue weighted by molar-refractivity contribution is 7.13. The van der Waals surface area contributed by atoms with Gasteiger partial charge < -0.3 is 4.74 Å². The van der Waals surface area contributed by atoms with E-state index in [4.69, 9.17) is 16.3 Å². The van der Waals surface area contributed by atoms with Crippen molar-refractivity contribution in [2.45, 2.75) is 13.3 Å². The third-order valence-corrected chi connectivity index (χ3v) is 3.20. The summed E-state index contributed by atoms with van der Waals surface area (Å²) >= 11 is 7.62. The molecule has 0 fully saturated rings. The van der Waals surface area contributed by atoms with E-state index in [-0.39, 0.29) is 0 Å². The van der Waals surface area contributed by atoms with Crippen LogP contribution in [-0.2, 0) is 0 Å². The summed E-state index contributed by atoms with van der Waals surface area (Å²) in [6.07, 6.45) is 4.37. The molecule has 0 aliphatic rings. The van der Waals surface area contributed by atoms with Crippen molar-refractivity contribution in [2.24, 2.45) is 5.10 Å². The monoisotopic (exact) mass is 295 g/mol. The maximum atomic E-state index is 6.13. The molecule has 100 valence electrons. The van der Waals surface area contributed by atoms with Crippen LogP contribution in [0.3, 0.4) is 0 Å². The van der Waals surface area contributed by atoms with Crippen LogP contribution in [0, 0.1) is 0 Å². The number of aromatic nitrogens is 1. The van der Waals surface area contributed by atoms with E-state index in [1.807, 2.05) is 23.6 Å². The van der Waals surface area contributed by atoms with Gasteiger partial charge in [0.05, 0.1) is 17.8 Å². The smallest absolute Gasteiger partial charge is 0.203 e. The van der Waals surface area contributed by atoms with Crippen LogP contribution in [0.2, 0.25) is 5.02 Å². The molecule has 19 heavy (non-hydrogen) atoms. The van der Waals surface area contributed by atoms with E-state index in [1.165, 1.54) is 11.3 Å². The highest BCUT2D eigenvalue weighted by Gasteiger charge is 2.01. The van der Waals surface area contributed by atoms with E-state index in [0.717, 1.165) is 17.1 Å². The van der Waals surface area contributed by atoms with Crippen LogP contribution < -0.4 is 10.2 Å². The Bertz CT molecular complexity index is 543. The first-order valence-electron chi connectivity index (χ1n) is 5.90. The van der Waals surface area contributed by atoms with Gasteiger partial charge in [-0.2, -0.15) is 5.10 Å². The standard InChI is InChI=1S/C13H14ClN3OS/c1-2-6-18-12-4-3-10(8-11(12)14)9-16-17-13-15-5-7-19-13/h3-5,7-9H,2,6H2,1H3,(H,15,17)/b16-9-. The lowest BCUT2D eigenvalue weighted by molar-refractivity contribution is 0.317. The number of hydrazone groups is 1. The molecule has 1 N–H and O–H groups in total. The first-order valence-corrected chi connectivity index (χ1v) is 7.16. The van der Waals surface area contributed by atoms with Crippen LogP contribution in [-0.4, -0.2) is 17.8 Å². The van der Waals surface area contributed by atoms with E-state index in [9.17, 15) is 0 Å². The quantitative estimate of drug-likeness (QED) is 0.646. The van der Waals surface area contributed by atoms with Crippen molar-refractivity contribution >= 4 is 34.3 Å². The van der Waals surface area contributed by atoms with Gasteiger partial charge in [0.15, 0.2) is 0 Å². The molecule has 0 bridgehead atoms. The van der Waals surface area contributed by atoms with E-state index in [1.54, 1.807) is 12.4 Å². The highest BCUT2D eigenvalue weighted by atomic mass is 35.5. The Kier molecular flexibility index (Phi) is 5.18. The first kappa shape index (κ1) is 13.8. The van der Waals surface area contributed by atoms with Gasteiger partial charge >= 0.3 is 0 Å². The van der Waals surface area contributed by atoms with Crippen LogP contribution in [0.15, 0.2) is 34.9 Å². The number of benzene rings is 1. The number of nitrogens with one attached hydrogen (secondary N) is 1. The zero-order valence-corrected chi connectivity index (χ0v) is 12.0. The van der Waals surface area contributed by atoms with Gasteiger partial charge in [-0.1, -0.05) is 18.5 Å². The second-order valence-electron chi connectivity index (χ2n) is 3.75. The van der Waals surface area contributed by atoms with Crippen molar-refractivity contribution < 1.29 is 4.74 Å². The SMILES string of the molecule is CCCOc1ccc(/C=N\Nc2nccs2)cc1Cl. The predicted molar refractivity (Wildman–Crippen MR) is 80.6 cm³/mol. The van der Waals surface area contributed by atoms with E-state index < -0.39 is 0 Å². The van der Waals surface area contributed by atoms with Crippen molar-refractivity contribution in [3.8, 4) is 5.75 Å². The summed E-state index contributed by atoms with van der Waals surface area (Å²) in [7, 11) is 0. The fourth-order valence-electron chi connectivity index (χ4n) is 1.37. The van der Waals surface area contributed by atoms with E-state index in [0.29, 0.717) is 17.4 Å². The summed E-state index contributed by atoms with van der Waals surface area (Å²) in [5, 5.41) is 7.32. The third kappa shape index (κ3) is 4.22. The van der Waals surface area contributed by atoms with Crippen molar-refractivity contribution in [2.75, 3.05) is 12.0 Å². The molecule has 6 heteroatoms. The number of rotatable bonds is 6. The molecule has 0 atom stereocenters. The number of anilines is 1. The Morgan fingerprint density at radius 2 is 2.42 bits per heavy atom. The molecule has 0 aliphatic carbocycles. The van der Waals surface area contributed by atoms with Gasteiger partial charge in [-0.25, -0.2) is 4.98 Å². The molecule has 4 nitrogen and oxygen atoms in total. The lowest BCUT2D eigenvalue weighted by Gasteiger charge is -2.06. The number of halogens is 1. The topological polar surface area (TPSA) is 46.5 Å². The van der Waals surface area contributed by atoms with E-state index in [2.05, 4.69) is 22.4 Å². The Morgan fingerprint density at radius 1 is 1.53 bits per heavy atom. The number of ether oxygens (including phenoxy) is 1. The Labute approximate surface area is 121 Å². The molecule has 0 aliphatic heterocycles. The maximum absolute atomic E-state index is 6.13. The molecule has 2 rings (SSSR count). The van der Waals surface area contributed by atoms with Crippen molar-refractivity contribution in [3.63, 3.8) is 0 Å². The molecule has 2 aromatic rings. The number of nitrogens with zero attached hydrogens (tertiary/aromatic N) is 2. The molecule has 1 aromatic carbocycles. The Morgan fingerprint density at radius 3 is 3.11 bits per heavy atom.